The zero-order valence-corrected chi connectivity index (χ0v) is 25.2. The van der Waals surface area contributed by atoms with Crippen LogP contribution in [0.3, 0.4) is 0 Å². The van der Waals surface area contributed by atoms with Gasteiger partial charge in [-0.2, -0.15) is 5.21 Å². The van der Waals surface area contributed by atoms with Gasteiger partial charge in [-0.1, -0.05) is 67.4 Å². The molecule has 0 aliphatic heterocycles. The molecule has 0 saturated heterocycles. The first-order chi connectivity index (χ1) is 20.0. The summed E-state index contributed by atoms with van der Waals surface area (Å²) in [7, 11) is 0. The Bertz CT molecular complexity index is 1480. The summed E-state index contributed by atoms with van der Waals surface area (Å²) < 4.78 is 11.2. The number of aryl methyl sites for hydroxylation is 1. The van der Waals surface area contributed by atoms with Crippen LogP contribution in [0.1, 0.15) is 70.6 Å². The van der Waals surface area contributed by atoms with Crippen LogP contribution in [0.25, 0.3) is 22.5 Å². The fourth-order valence-corrected chi connectivity index (χ4v) is 4.61. The Labute approximate surface area is 249 Å². The summed E-state index contributed by atoms with van der Waals surface area (Å²) in [4.78, 5) is 33.2. The predicted octanol–water partition coefficient (Wildman–Crippen LogP) is 5.99. The number of carbonyl (C=O) groups is 2. The average molecular weight is 594 g/mol. The average Bonchev–Trinajstić information content (AvgIpc) is 3.61. The highest BCUT2D eigenvalue weighted by Crippen LogP contribution is 2.34. The van der Waals surface area contributed by atoms with Gasteiger partial charge in [-0.25, -0.2) is 14.6 Å². The number of hydrogen-bond acceptors (Lipinski definition) is 8. The largest absolute Gasteiger partial charge is 0.454 e. The number of nitrogens with one attached hydrogen (secondary N) is 3. The molecule has 1 amide bonds. The zero-order valence-electron chi connectivity index (χ0n) is 24.4. The van der Waals surface area contributed by atoms with Crippen molar-refractivity contribution in [2.45, 2.75) is 78.0 Å². The van der Waals surface area contributed by atoms with Crippen molar-refractivity contribution in [2.75, 3.05) is 0 Å². The number of imidazole rings is 1. The molecule has 0 aliphatic carbocycles. The summed E-state index contributed by atoms with van der Waals surface area (Å²) in [5, 5.41) is 17.4. The maximum atomic E-state index is 13.2. The molecule has 4 aromatic rings. The second kappa shape index (κ2) is 13.6. The van der Waals surface area contributed by atoms with E-state index in [1.54, 1.807) is 20.8 Å². The number of esters is 1. The molecule has 0 aliphatic rings. The van der Waals surface area contributed by atoms with E-state index in [0.717, 1.165) is 35.1 Å². The number of aromatic nitrogens is 6. The number of rotatable bonds is 11. The zero-order chi connectivity index (χ0) is 30.3. The number of ether oxygens (including phenoxy) is 2. The molecule has 2 heterocycles. The first-order valence-corrected chi connectivity index (χ1v) is 14.3. The Morgan fingerprint density at radius 1 is 1.10 bits per heavy atom. The summed E-state index contributed by atoms with van der Waals surface area (Å²) >= 11 is 6.57. The van der Waals surface area contributed by atoms with Gasteiger partial charge in [0.2, 0.25) is 5.82 Å². The minimum Gasteiger partial charge on any atom is -0.454 e. The molecular formula is C30H36ClN7O4. The van der Waals surface area contributed by atoms with Gasteiger partial charge in [0.15, 0.2) is 5.15 Å². The highest BCUT2D eigenvalue weighted by atomic mass is 35.5. The van der Waals surface area contributed by atoms with Crippen LogP contribution in [-0.2, 0) is 27.1 Å². The Hall–Kier alpha value is -4.25. The first-order valence-electron chi connectivity index (χ1n) is 13.9. The van der Waals surface area contributed by atoms with Crippen LogP contribution in [-0.4, -0.2) is 54.3 Å². The van der Waals surface area contributed by atoms with Gasteiger partial charge < -0.3 is 19.8 Å². The molecule has 4 rings (SSSR count). The Morgan fingerprint density at radius 3 is 2.52 bits per heavy atom. The third-order valence-electron chi connectivity index (χ3n) is 6.34. The van der Waals surface area contributed by atoms with E-state index in [4.69, 9.17) is 21.1 Å². The Morgan fingerprint density at radius 2 is 1.86 bits per heavy atom. The summed E-state index contributed by atoms with van der Waals surface area (Å²) in [5.41, 5.74) is 3.28. The number of aromatic amines is 2. The summed E-state index contributed by atoms with van der Waals surface area (Å²) in [6.45, 7) is 8.86. The van der Waals surface area contributed by atoms with Crippen LogP contribution in [0, 0.1) is 0 Å². The van der Waals surface area contributed by atoms with Crippen molar-refractivity contribution >= 4 is 23.7 Å². The molecule has 0 fully saturated rings. The maximum absolute atomic E-state index is 13.2. The molecule has 0 unspecified atom stereocenters. The molecule has 0 bridgehead atoms. The van der Waals surface area contributed by atoms with Gasteiger partial charge in [-0.3, -0.25) is 0 Å². The SMILES string of the molecule is CCCCc1nc(Cl)c([C@H](Cc2ccc(-c3ccccc3)c(-c3nn[nH]n3)c2)OC(=O)[C@H](C)NC(=O)OC(C)(C)C)[nH]1. The van der Waals surface area contributed by atoms with Crippen LogP contribution in [0.4, 0.5) is 4.79 Å². The lowest BCUT2D eigenvalue weighted by Gasteiger charge is -2.23. The fraction of sp³-hybridized carbons (Fsp3) is 0.400. The van der Waals surface area contributed by atoms with E-state index in [1.807, 2.05) is 48.5 Å². The number of alkyl carbamates (subject to hydrolysis) is 1. The van der Waals surface area contributed by atoms with Gasteiger partial charge in [0.25, 0.3) is 0 Å². The maximum Gasteiger partial charge on any atom is 0.408 e. The third kappa shape index (κ3) is 8.16. The van der Waals surface area contributed by atoms with Crippen LogP contribution < -0.4 is 5.32 Å². The van der Waals surface area contributed by atoms with Gasteiger partial charge >= 0.3 is 12.1 Å². The molecular weight excluding hydrogens is 558 g/mol. The molecule has 2 aromatic carbocycles. The molecule has 11 nitrogen and oxygen atoms in total. The number of H-pyrrole nitrogens is 2. The van der Waals surface area contributed by atoms with Crippen molar-refractivity contribution in [1.82, 2.24) is 35.9 Å². The number of carbonyl (C=O) groups excluding carboxylic acids is 2. The van der Waals surface area contributed by atoms with Crippen molar-refractivity contribution in [3.63, 3.8) is 0 Å². The molecule has 12 heteroatoms. The van der Waals surface area contributed by atoms with Crippen LogP contribution in [0.2, 0.25) is 5.15 Å². The molecule has 3 N–H and O–H groups in total. The monoisotopic (exact) mass is 593 g/mol. The van der Waals surface area contributed by atoms with E-state index in [-0.39, 0.29) is 11.6 Å². The number of hydrogen-bond donors (Lipinski definition) is 3. The topological polar surface area (TPSA) is 148 Å². The quantitative estimate of drug-likeness (QED) is 0.180. The molecule has 0 radical (unpaired) electrons. The van der Waals surface area contributed by atoms with E-state index in [0.29, 0.717) is 23.8 Å². The van der Waals surface area contributed by atoms with Crippen LogP contribution in [0.15, 0.2) is 48.5 Å². The lowest BCUT2D eigenvalue weighted by atomic mass is 9.95. The van der Waals surface area contributed by atoms with E-state index in [9.17, 15) is 9.59 Å². The van der Waals surface area contributed by atoms with Crippen LogP contribution >= 0.6 is 11.6 Å². The number of nitrogens with zero attached hydrogens (tertiary/aromatic N) is 4. The molecule has 42 heavy (non-hydrogen) atoms. The molecule has 0 saturated carbocycles. The summed E-state index contributed by atoms with van der Waals surface area (Å²) in [6.07, 6.45) is 1.36. The minimum atomic E-state index is -0.973. The van der Waals surface area contributed by atoms with Crippen molar-refractivity contribution in [3.8, 4) is 22.5 Å². The summed E-state index contributed by atoms with van der Waals surface area (Å²) in [6, 6.07) is 14.8. The smallest absolute Gasteiger partial charge is 0.408 e. The normalized spacial score (nSPS) is 12.9. The van der Waals surface area contributed by atoms with Gasteiger partial charge in [0.05, 0.1) is 5.69 Å². The van der Waals surface area contributed by atoms with E-state index in [2.05, 4.69) is 42.8 Å². The number of tetrazole rings is 1. The Balaban J connectivity index is 1.64. The van der Waals surface area contributed by atoms with Crippen molar-refractivity contribution < 1.29 is 19.1 Å². The van der Waals surface area contributed by atoms with Crippen molar-refractivity contribution in [3.05, 3.63) is 70.8 Å². The lowest BCUT2D eigenvalue weighted by molar-refractivity contribution is -0.151. The Kier molecular flexibility index (Phi) is 9.95. The van der Waals surface area contributed by atoms with Gasteiger partial charge in [-0.15, -0.1) is 10.2 Å². The lowest BCUT2D eigenvalue weighted by Crippen LogP contribution is -2.42. The number of benzene rings is 2. The third-order valence-corrected chi connectivity index (χ3v) is 6.63. The van der Waals surface area contributed by atoms with E-state index in [1.165, 1.54) is 6.92 Å². The predicted molar refractivity (Wildman–Crippen MR) is 159 cm³/mol. The fourth-order valence-electron chi connectivity index (χ4n) is 4.34. The highest BCUT2D eigenvalue weighted by molar-refractivity contribution is 6.30. The van der Waals surface area contributed by atoms with Gasteiger partial charge in [-0.05, 0) is 62.1 Å². The summed E-state index contributed by atoms with van der Waals surface area (Å²) in [5.74, 6) is 0.497. The number of halogens is 1. The van der Waals surface area contributed by atoms with Crippen LogP contribution in [0.5, 0.6) is 0 Å². The number of amides is 1. The van der Waals surface area contributed by atoms with Gasteiger partial charge in [0.1, 0.15) is 23.6 Å². The second-order valence-electron chi connectivity index (χ2n) is 11.0. The van der Waals surface area contributed by atoms with E-state index >= 15 is 0 Å². The van der Waals surface area contributed by atoms with Gasteiger partial charge in [0, 0.05) is 18.4 Å². The molecule has 2 aromatic heterocycles. The highest BCUT2D eigenvalue weighted by Gasteiger charge is 2.28. The van der Waals surface area contributed by atoms with Crippen molar-refractivity contribution in [1.29, 1.82) is 0 Å². The first kappa shape index (κ1) is 30.7. The second-order valence-corrected chi connectivity index (χ2v) is 11.3. The molecule has 2 atom stereocenters. The minimum absolute atomic E-state index is 0.228. The van der Waals surface area contributed by atoms with Crippen molar-refractivity contribution in [2.24, 2.45) is 0 Å². The molecule has 222 valence electrons. The molecule has 0 spiro atoms. The standard InChI is InChI=1S/C30H36ClN7O4/c1-6-7-13-24-33-25(26(31)34-24)23(41-28(39)18(2)32-29(40)42-30(3,4)5)17-19-14-15-21(20-11-9-8-10-12-20)22(16-19)27-35-37-38-36-27/h8-12,14-16,18,23H,6-7,13,17H2,1-5H3,(H,32,40)(H,33,34)(H,35,36,37,38)/t18-,23-/m0/s1. The number of unbranched alkanes of at least 4 members (excludes halogenated alkanes) is 1. The van der Waals surface area contributed by atoms with E-state index < -0.39 is 29.8 Å².